The molecular weight excluding hydrogens is 216 g/mol. The van der Waals surface area contributed by atoms with Crippen LogP contribution in [0.15, 0.2) is 21.1 Å². The molecule has 1 fully saturated rings. The normalized spacial score (nSPS) is 29.1. The van der Waals surface area contributed by atoms with Gasteiger partial charge in [-0.25, -0.2) is 4.99 Å². The molecule has 2 aliphatic heterocycles. The predicted molar refractivity (Wildman–Crippen MR) is 67.5 cm³/mol. The van der Waals surface area contributed by atoms with Crippen molar-refractivity contribution in [2.75, 3.05) is 32.8 Å². The van der Waals surface area contributed by atoms with Gasteiger partial charge in [0.2, 0.25) is 0 Å². The van der Waals surface area contributed by atoms with Crippen LogP contribution in [0.4, 0.5) is 0 Å². The number of rotatable bonds is 0. The van der Waals surface area contributed by atoms with Crippen LogP contribution in [0.2, 0.25) is 0 Å². The summed E-state index contributed by atoms with van der Waals surface area (Å²) in [4.78, 5) is 11.2. The van der Waals surface area contributed by atoms with Gasteiger partial charge in [-0.1, -0.05) is 5.57 Å². The molecule has 0 saturated carbocycles. The average molecular weight is 234 g/mol. The Hall–Kier alpha value is -1.20. The van der Waals surface area contributed by atoms with Crippen molar-refractivity contribution >= 4 is 11.5 Å². The van der Waals surface area contributed by atoms with E-state index in [1.165, 1.54) is 5.57 Å². The zero-order chi connectivity index (χ0) is 11.8. The van der Waals surface area contributed by atoms with Crippen molar-refractivity contribution in [2.24, 2.45) is 9.98 Å². The summed E-state index contributed by atoms with van der Waals surface area (Å²) in [6, 6.07) is 0. The second kappa shape index (κ2) is 4.23. The smallest absolute Gasteiger partial charge is 0.134 e. The number of nitrogens with zero attached hydrogens (tertiary/aromatic N) is 3. The Balaban J connectivity index is 1.90. The van der Waals surface area contributed by atoms with Crippen LogP contribution in [0.5, 0.6) is 0 Å². The van der Waals surface area contributed by atoms with E-state index < -0.39 is 6.10 Å². The van der Waals surface area contributed by atoms with E-state index in [9.17, 15) is 5.11 Å². The van der Waals surface area contributed by atoms with Crippen molar-refractivity contribution in [3.05, 3.63) is 11.1 Å². The number of hydrogen-bond acceptors (Lipinski definition) is 5. The lowest BCUT2D eigenvalue weighted by molar-refractivity contribution is 0.247. The largest absolute Gasteiger partial charge is 0.386 e. The summed E-state index contributed by atoms with van der Waals surface area (Å²) < 4.78 is 0. The van der Waals surface area contributed by atoms with E-state index in [4.69, 9.17) is 0 Å². The lowest BCUT2D eigenvalue weighted by Crippen LogP contribution is -2.48. The predicted octanol–water partition coefficient (Wildman–Crippen LogP) is -0.217. The van der Waals surface area contributed by atoms with Crippen LogP contribution in [0.25, 0.3) is 0 Å². The molecule has 2 heterocycles. The molecule has 1 saturated heterocycles. The fourth-order valence-corrected chi connectivity index (χ4v) is 2.76. The Morgan fingerprint density at radius 2 is 2.06 bits per heavy atom. The van der Waals surface area contributed by atoms with Gasteiger partial charge < -0.3 is 15.3 Å². The Kier molecular flexibility index (Phi) is 2.72. The van der Waals surface area contributed by atoms with Crippen molar-refractivity contribution in [3.63, 3.8) is 0 Å². The Bertz CT molecular complexity index is 418. The third kappa shape index (κ3) is 1.79. The van der Waals surface area contributed by atoms with E-state index in [1.54, 1.807) is 0 Å². The molecular formula is C12H18N4O. The van der Waals surface area contributed by atoms with Crippen molar-refractivity contribution in [3.8, 4) is 0 Å². The summed E-state index contributed by atoms with van der Waals surface area (Å²) in [5, 5.41) is 13.3. The van der Waals surface area contributed by atoms with Crippen LogP contribution in [-0.4, -0.2) is 60.5 Å². The number of aliphatic imine (C=N–C) groups is 2. The van der Waals surface area contributed by atoms with Gasteiger partial charge in [0, 0.05) is 38.2 Å². The van der Waals surface area contributed by atoms with Crippen LogP contribution in [0.1, 0.15) is 13.3 Å². The maximum absolute atomic E-state index is 9.95. The van der Waals surface area contributed by atoms with Crippen LogP contribution in [0, 0.1) is 0 Å². The molecule has 0 bridgehead atoms. The van der Waals surface area contributed by atoms with E-state index in [2.05, 4.69) is 27.1 Å². The first-order valence-corrected chi connectivity index (χ1v) is 6.20. The summed E-state index contributed by atoms with van der Waals surface area (Å²) >= 11 is 0. The Labute approximate surface area is 101 Å². The van der Waals surface area contributed by atoms with Gasteiger partial charge in [0.1, 0.15) is 18.6 Å². The van der Waals surface area contributed by atoms with Crippen molar-refractivity contribution in [2.45, 2.75) is 19.4 Å². The zero-order valence-corrected chi connectivity index (χ0v) is 10.1. The highest BCUT2D eigenvalue weighted by molar-refractivity contribution is 6.27. The second-order valence-corrected chi connectivity index (χ2v) is 4.78. The highest BCUT2D eigenvalue weighted by atomic mass is 16.3. The highest BCUT2D eigenvalue weighted by Crippen LogP contribution is 2.28. The summed E-state index contributed by atoms with van der Waals surface area (Å²) in [6.45, 7) is 6.51. The van der Waals surface area contributed by atoms with Crippen LogP contribution < -0.4 is 5.32 Å². The Morgan fingerprint density at radius 3 is 2.82 bits per heavy atom. The average Bonchev–Trinajstić information content (AvgIpc) is 2.66. The molecule has 0 aromatic carbocycles. The third-order valence-corrected chi connectivity index (χ3v) is 3.60. The zero-order valence-electron chi connectivity index (χ0n) is 10.1. The minimum Gasteiger partial charge on any atom is -0.386 e. The molecule has 92 valence electrons. The summed E-state index contributed by atoms with van der Waals surface area (Å²) in [5.41, 5.74) is 3.17. The SMILES string of the molecule is CC1=C2C(=NCN=C2N2CCNCC2)[C@H](O)C1. The van der Waals surface area contributed by atoms with Crippen molar-refractivity contribution < 1.29 is 5.11 Å². The lowest BCUT2D eigenvalue weighted by atomic mass is 10.1. The number of nitrogens with one attached hydrogen (secondary N) is 1. The van der Waals surface area contributed by atoms with Gasteiger partial charge >= 0.3 is 0 Å². The molecule has 1 aliphatic carbocycles. The first-order chi connectivity index (χ1) is 8.27. The lowest BCUT2D eigenvalue weighted by Gasteiger charge is -2.32. The first kappa shape index (κ1) is 10.9. The molecule has 2 N–H and O–H groups in total. The summed E-state index contributed by atoms with van der Waals surface area (Å²) in [7, 11) is 0. The van der Waals surface area contributed by atoms with E-state index in [0.717, 1.165) is 43.3 Å². The Morgan fingerprint density at radius 1 is 1.29 bits per heavy atom. The number of aliphatic hydroxyl groups excluding tert-OH is 1. The molecule has 0 aromatic rings. The van der Waals surface area contributed by atoms with E-state index in [0.29, 0.717) is 13.1 Å². The number of aliphatic hydroxyl groups is 1. The van der Waals surface area contributed by atoms with Crippen LogP contribution in [0.3, 0.4) is 0 Å². The molecule has 5 nitrogen and oxygen atoms in total. The van der Waals surface area contributed by atoms with Gasteiger partial charge in [0.05, 0.1) is 5.71 Å². The van der Waals surface area contributed by atoms with Gasteiger partial charge in [0.25, 0.3) is 0 Å². The van der Waals surface area contributed by atoms with E-state index >= 15 is 0 Å². The maximum Gasteiger partial charge on any atom is 0.134 e. The maximum atomic E-state index is 9.95. The molecule has 0 radical (unpaired) electrons. The van der Waals surface area contributed by atoms with Gasteiger partial charge in [-0.15, -0.1) is 0 Å². The van der Waals surface area contributed by atoms with Gasteiger partial charge in [-0.3, -0.25) is 4.99 Å². The van der Waals surface area contributed by atoms with Gasteiger partial charge in [0.15, 0.2) is 0 Å². The quantitative estimate of drug-likeness (QED) is 0.609. The van der Waals surface area contributed by atoms with Crippen molar-refractivity contribution in [1.29, 1.82) is 0 Å². The van der Waals surface area contributed by atoms with Crippen LogP contribution in [-0.2, 0) is 0 Å². The minimum atomic E-state index is -0.418. The molecule has 0 aromatic heterocycles. The van der Waals surface area contributed by atoms with E-state index in [-0.39, 0.29) is 0 Å². The molecule has 0 amide bonds. The summed E-state index contributed by atoms with van der Waals surface area (Å²) in [5.74, 6) is 1.05. The van der Waals surface area contributed by atoms with Gasteiger partial charge in [-0.2, -0.15) is 0 Å². The van der Waals surface area contributed by atoms with E-state index in [1.807, 2.05) is 0 Å². The first-order valence-electron chi connectivity index (χ1n) is 6.20. The summed E-state index contributed by atoms with van der Waals surface area (Å²) in [6.07, 6.45) is 0.289. The highest BCUT2D eigenvalue weighted by Gasteiger charge is 2.34. The molecule has 3 rings (SSSR count). The number of fused-ring (bicyclic) bond motifs is 1. The van der Waals surface area contributed by atoms with Crippen molar-refractivity contribution in [1.82, 2.24) is 10.2 Å². The topological polar surface area (TPSA) is 60.2 Å². The molecule has 0 unspecified atom stereocenters. The monoisotopic (exact) mass is 234 g/mol. The fraction of sp³-hybridized carbons (Fsp3) is 0.667. The second-order valence-electron chi connectivity index (χ2n) is 4.78. The minimum absolute atomic E-state index is 0.418. The van der Waals surface area contributed by atoms with Crippen LogP contribution >= 0.6 is 0 Å². The number of hydrogen-bond donors (Lipinski definition) is 2. The third-order valence-electron chi connectivity index (χ3n) is 3.60. The molecule has 1 atom stereocenters. The molecule has 0 spiro atoms. The molecule has 5 heteroatoms. The van der Waals surface area contributed by atoms with Gasteiger partial charge in [-0.05, 0) is 6.92 Å². The number of piperazine rings is 1. The fourth-order valence-electron chi connectivity index (χ4n) is 2.76. The molecule has 3 aliphatic rings. The molecule has 17 heavy (non-hydrogen) atoms. The number of amidine groups is 1. The standard InChI is InChI=1S/C12H18N4O/c1-8-6-9(17)11-10(8)12(15-7-14-11)16-4-2-13-3-5-16/h9,13,17H,2-7H2,1H3/t9-/m1/s1.